The van der Waals surface area contributed by atoms with Crippen molar-refractivity contribution in [2.45, 2.75) is 47.1 Å². The summed E-state index contributed by atoms with van der Waals surface area (Å²) in [7, 11) is 1.64. The van der Waals surface area contributed by atoms with E-state index in [0.717, 1.165) is 35.7 Å². The van der Waals surface area contributed by atoms with Gasteiger partial charge in [0, 0.05) is 24.9 Å². The molecular formula is C31H45ClN2O. The maximum absolute atomic E-state index is 6.48. The van der Waals surface area contributed by atoms with Gasteiger partial charge in [-0.2, -0.15) is 0 Å². The van der Waals surface area contributed by atoms with E-state index in [9.17, 15) is 0 Å². The molecule has 1 aromatic rings. The Kier molecular flexibility index (Phi) is 24.2. The molecule has 192 valence electrons. The molecule has 0 bridgehead atoms. The SMILES string of the molecule is C#C.C/C=C(\C=C/C/C=C/C=NC(CNCC(C)C)c1ccc(C)cc1Cl)/C=C/C.C=CCOC. The predicted octanol–water partition coefficient (Wildman–Crippen LogP) is 8.10. The van der Waals surface area contributed by atoms with E-state index < -0.39 is 0 Å². The van der Waals surface area contributed by atoms with Gasteiger partial charge in [0.15, 0.2) is 0 Å². The van der Waals surface area contributed by atoms with Gasteiger partial charge in [0.1, 0.15) is 0 Å². The van der Waals surface area contributed by atoms with Gasteiger partial charge in [0.2, 0.25) is 0 Å². The second kappa shape index (κ2) is 24.5. The molecule has 1 aromatic carbocycles. The van der Waals surface area contributed by atoms with Crippen LogP contribution >= 0.6 is 11.6 Å². The summed E-state index contributed by atoms with van der Waals surface area (Å²) >= 11 is 6.48. The summed E-state index contributed by atoms with van der Waals surface area (Å²) in [5, 5.41) is 4.28. The topological polar surface area (TPSA) is 33.6 Å². The molecule has 0 aliphatic heterocycles. The van der Waals surface area contributed by atoms with Gasteiger partial charge < -0.3 is 10.1 Å². The summed E-state index contributed by atoms with van der Waals surface area (Å²) in [6, 6.07) is 6.20. The Morgan fingerprint density at radius 1 is 1.17 bits per heavy atom. The first-order valence-electron chi connectivity index (χ1n) is 11.9. The number of nitrogens with one attached hydrogen (secondary N) is 1. The number of methoxy groups -OCH3 is 1. The lowest BCUT2D eigenvalue weighted by Gasteiger charge is -2.16. The van der Waals surface area contributed by atoms with Crippen molar-refractivity contribution in [3.05, 3.63) is 95.1 Å². The summed E-state index contributed by atoms with van der Waals surface area (Å²) in [5.41, 5.74) is 3.45. The predicted molar refractivity (Wildman–Crippen MR) is 159 cm³/mol. The number of rotatable bonds is 13. The van der Waals surface area contributed by atoms with Crippen LogP contribution in [0.25, 0.3) is 0 Å². The number of aliphatic imine (C=N–C) groups is 1. The maximum atomic E-state index is 6.48. The Morgan fingerprint density at radius 3 is 2.40 bits per heavy atom. The van der Waals surface area contributed by atoms with Gasteiger partial charge in [-0.3, -0.25) is 4.99 Å². The fourth-order valence-corrected chi connectivity index (χ4v) is 3.15. The first-order chi connectivity index (χ1) is 16.9. The normalized spacial score (nSPS) is 12.7. The van der Waals surface area contributed by atoms with Crippen LogP contribution in [0.1, 0.15) is 51.3 Å². The number of hydrogen-bond donors (Lipinski definition) is 1. The van der Waals surface area contributed by atoms with Gasteiger partial charge in [-0.25, -0.2) is 0 Å². The fourth-order valence-electron chi connectivity index (χ4n) is 2.79. The smallest absolute Gasteiger partial charge is 0.0887 e. The first kappa shape index (κ1) is 34.5. The molecule has 35 heavy (non-hydrogen) atoms. The Morgan fingerprint density at radius 2 is 1.89 bits per heavy atom. The van der Waals surface area contributed by atoms with Crippen LogP contribution in [0.3, 0.4) is 0 Å². The minimum atomic E-state index is 0.0105. The lowest BCUT2D eigenvalue weighted by Crippen LogP contribution is -2.25. The highest BCUT2D eigenvalue weighted by molar-refractivity contribution is 6.31. The highest BCUT2D eigenvalue weighted by Gasteiger charge is 2.13. The van der Waals surface area contributed by atoms with Crippen LogP contribution < -0.4 is 5.32 Å². The molecule has 0 heterocycles. The second-order valence-corrected chi connectivity index (χ2v) is 8.40. The van der Waals surface area contributed by atoms with Crippen LogP contribution in [0, 0.1) is 25.7 Å². The molecule has 3 nitrogen and oxygen atoms in total. The number of benzene rings is 1. The Labute approximate surface area is 220 Å². The average Bonchev–Trinajstić information content (AvgIpc) is 2.84. The number of aryl methyl sites for hydroxylation is 1. The van der Waals surface area contributed by atoms with Crippen LogP contribution in [0.4, 0.5) is 0 Å². The molecule has 1 N–H and O–H groups in total. The monoisotopic (exact) mass is 496 g/mol. The zero-order valence-corrected chi connectivity index (χ0v) is 23.3. The molecule has 0 amide bonds. The van der Waals surface area contributed by atoms with Gasteiger partial charge >= 0.3 is 0 Å². The van der Waals surface area contributed by atoms with E-state index >= 15 is 0 Å². The van der Waals surface area contributed by atoms with Crippen LogP contribution in [-0.2, 0) is 4.74 Å². The van der Waals surface area contributed by atoms with Gasteiger partial charge in [0.05, 0.1) is 12.6 Å². The molecule has 1 atom stereocenters. The van der Waals surface area contributed by atoms with Crippen molar-refractivity contribution in [2.24, 2.45) is 10.9 Å². The van der Waals surface area contributed by atoms with Crippen molar-refractivity contribution in [2.75, 3.05) is 26.8 Å². The molecule has 0 aliphatic rings. The molecule has 0 aliphatic carbocycles. The molecular weight excluding hydrogens is 452 g/mol. The van der Waals surface area contributed by atoms with Crippen molar-refractivity contribution >= 4 is 17.8 Å². The summed E-state index contributed by atoms with van der Waals surface area (Å²) in [6.07, 6.45) is 27.1. The Hall–Kier alpha value is -2.64. The third kappa shape index (κ3) is 19.4. The van der Waals surface area contributed by atoms with Gasteiger partial charge in [-0.1, -0.05) is 80.1 Å². The molecule has 0 fully saturated rings. The highest BCUT2D eigenvalue weighted by atomic mass is 35.5. The average molecular weight is 497 g/mol. The van der Waals surface area contributed by atoms with Gasteiger partial charge in [-0.15, -0.1) is 19.4 Å². The molecule has 0 saturated heterocycles. The van der Waals surface area contributed by atoms with Crippen LogP contribution in [-0.4, -0.2) is 33.0 Å². The number of hydrogen-bond acceptors (Lipinski definition) is 3. The van der Waals surface area contributed by atoms with E-state index in [4.69, 9.17) is 16.6 Å². The fraction of sp³-hybridized carbons (Fsp3) is 0.387. The quantitative estimate of drug-likeness (QED) is 0.129. The van der Waals surface area contributed by atoms with E-state index in [0.29, 0.717) is 12.5 Å². The third-order valence-corrected chi connectivity index (χ3v) is 4.78. The summed E-state index contributed by atoms with van der Waals surface area (Å²) in [4.78, 5) is 4.75. The minimum absolute atomic E-state index is 0.0105. The van der Waals surface area contributed by atoms with E-state index in [1.165, 1.54) is 5.57 Å². The lowest BCUT2D eigenvalue weighted by atomic mass is 10.0. The highest BCUT2D eigenvalue weighted by Crippen LogP contribution is 2.26. The molecule has 0 radical (unpaired) electrons. The largest absolute Gasteiger partial charge is 0.381 e. The summed E-state index contributed by atoms with van der Waals surface area (Å²) in [6.45, 7) is 16.4. The Balaban J connectivity index is 0. The number of terminal acetylenes is 1. The zero-order chi connectivity index (χ0) is 26.9. The molecule has 4 heteroatoms. The van der Waals surface area contributed by atoms with Crippen LogP contribution in [0.2, 0.25) is 5.02 Å². The Bertz CT molecular complexity index is 845. The van der Waals surface area contributed by atoms with Crippen molar-refractivity contribution in [3.63, 3.8) is 0 Å². The summed E-state index contributed by atoms with van der Waals surface area (Å²) < 4.78 is 4.57. The van der Waals surface area contributed by atoms with Crippen molar-refractivity contribution < 1.29 is 4.74 Å². The van der Waals surface area contributed by atoms with E-state index in [2.05, 4.69) is 92.8 Å². The third-order valence-electron chi connectivity index (χ3n) is 4.45. The number of halogens is 1. The number of allylic oxidation sites excluding steroid dienone is 8. The van der Waals surface area contributed by atoms with Gasteiger partial charge in [0.25, 0.3) is 0 Å². The minimum Gasteiger partial charge on any atom is -0.381 e. The van der Waals surface area contributed by atoms with E-state index in [-0.39, 0.29) is 6.04 Å². The zero-order valence-electron chi connectivity index (χ0n) is 22.5. The maximum Gasteiger partial charge on any atom is 0.0887 e. The van der Waals surface area contributed by atoms with Crippen molar-refractivity contribution in [1.29, 1.82) is 0 Å². The summed E-state index contributed by atoms with van der Waals surface area (Å²) in [5.74, 6) is 0.606. The standard InChI is InChI=1S/C25H35ClN2.C4H8O.C2H2/c1-6-12-22(7-2)13-10-8-9-11-16-28-25(19-27-18-20(3)4)23-15-14-21(5)17-24(23)26;1-3-4-5-2;1-2/h6-7,9-17,20,25,27H,8,18-19H2,1-5H3;3H,1,4H2,2H3;1-2H/b11-9+,12-6+,13-10-,22-7-,28-16?;;. The lowest BCUT2D eigenvalue weighted by molar-refractivity contribution is 0.234. The van der Waals surface area contributed by atoms with Crippen molar-refractivity contribution in [3.8, 4) is 12.8 Å². The van der Waals surface area contributed by atoms with E-state index in [1.54, 1.807) is 13.2 Å². The number of ether oxygens (including phenoxy) is 1. The second-order valence-electron chi connectivity index (χ2n) is 7.99. The molecule has 1 unspecified atom stereocenters. The van der Waals surface area contributed by atoms with Crippen molar-refractivity contribution in [1.82, 2.24) is 5.32 Å². The number of nitrogens with zero attached hydrogens (tertiary/aromatic N) is 1. The molecule has 0 aromatic heterocycles. The van der Waals surface area contributed by atoms with E-state index in [1.807, 2.05) is 38.3 Å². The van der Waals surface area contributed by atoms with Crippen LogP contribution in [0.15, 0.2) is 84.0 Å². The molecule has 0 spiro atoms. The molecule has 1 rings (SSSR count). The van der Waals surface area contributed by atoms with Gasteiger partial charge in [-0.05, 0) is 68.5 Å². The van der Waals surface area contributed by atoms with Crippen LogP contribution in [0.5, 0.6) is 0 Å². The first-order valence-corrected chi connectivity index (χ1v) is 12.3. The molecule has 0 saturated carbocycles.